The minimum Gasteiger partial charge on any atom is -0.338 e. The molecular weight excluding hydrogens is 442 g/mol. The zero-order valence-electron chi connectivity index (χ0n) is 18.0. The van der Waals surface area contributed by atoms with Crippen molar-refractivity contribution in [2.75, 3.05) is 23.8 Å². The molecule has 4 rings (SSSR count). The van der Waals surface area contributed by atoms with Crippen LogP contribution in [0.5, 0.6) is 0 Å². The maximum atomic E-state index is 13.0. The highest BCUT2D eigenvalue weighted by Crippen LogP contribution is 2.32. The maximum absolute atomic E-state index is 13.0. The van der Waals surface area contributed by atoms with Crippen molar-refractivity contribution >= 4 is 27.5 Å². The number of hydrogen-bond acceptors (Lipinski definition) is 5. The molecule has 0 spiro atoms. The fraction of sp³-hybridized carbons (Fsp3) is 0.333. The van der Waals surface area contributed by atoms with Crippen molar-refractivity contribution in [3.05, 3.63) is 60.7 Å². The van der Waals surface area contributed by atoms with E-state index in [-0.39, 0.29) is 29.2 Å². The van der Waals surface area contributed by atoms with E-state index in [2.05, 4.69) is 4.98 Å². The normalized spacial score (nSPS) is 17.3. The second kappa shape index (κ2) is 9.92. The van der Waals surface area contributed by atoms with Gasteiger partial charge < -0.3 is 9.88 Å². The molecular formula is C24H27N3O3S2. The Bertz CT molecular complexity index is 1100. The van der Waals surface area contributed by atoms with E-state index in [1.165, 1.54) is 11.8 Å². The molecule has 0 saturated carbocycles. The second-order valence-electron chi connectivity index (χ2n) is 7.93. The Morgan fingerprint density at radius 3 is 2.34 bits per heavy atom. The van der Waals surface area contributed by atoms with Gasteiger partial charge in [0.05, 0.1) is 28.6 Å². The lowest BCUT2D eigenvalue weighted by atomic mass is 10.1. The topological polar surface area (TPSA) is 83.1 Å². The number of carbonyl (C=O) groups is 1. The van der Waals surface area contributed by atoms with E-state index in [0.29, 0.717) is 18.1 Å². The van der Waals surface area contributed by atoms with Gasteiger partial charge in [0.25, 0.3) is 0 Å². The summed E-state index contributed by atoms with van der Waals surface area (Å²) in [5.41, 5.74) is 3.79. The van der Waals surface area contributed by atoms with Gasteiger partial charge in [-0.05, 0) is 12.8 Å². The van der Waals surface area contributed by atoms with E-state index < -0.39 is 9.84 Å². The van der Waals surface area contributed by atoms with Crippen LogP contribution in [0.2, 0.25) is 0 Å². The number of benzene rings is 2. The Kier molecular flexibility index (Phi) is 7.01. The van der Waals surface area contributed by atoms with Gasteiger partial charge in [-0.15, -0.1) is 0 Å². The van der Waals surface area contributed by atoms with E-state index >= 15 is 0 Å². The first kappa shape index (κ1) is 22.6. The van der Waals surface area contributed by atoms with Gasteiger partial charge in [0, 0.05) is 23.7 Å². The maximum Gasteiger partial charge on any atom is 0.233 e. The van der Waals surface area contributed by atoms with Crippen LogP contribution in [0.1, 0.15) is 19.8 Å². The molecule has 3 aromatic rings. The molecule has 1 amide bonds. The smallest absolute Gasteiger partial charge is 0.233 e. The first-order valence-corrected chi connectivity index (χ1v) is 13.6. The van der Waals surface area contributed by atoms with Crippen molar-refractivity contribution < 1.29 is 13.2 Å². The summed E-state index contributed by atoms with van der Waals surface area (Å²) in [6.45, 7) is 2.57. The summed E-state index contributed by atoms with van der Waals surface area (Å²) in [5.74, 6) is 0.405. The van der Waals surface area contributed by atoms with Crippen LogP contribution in [0.15, 0.2) is 65.8 Å². The highest BCUT2D eigenvalue weighted by molar-refractivity contribution is 7.99. The molecule has 6 nitrogen and oxygen atoms in total. The summed E-state index contributed by atoms with van der Waals surface area (Å²) in [5, 5.41) is 0.673. The van der Waals surface area contributed by atoms with E-state index in [0.717, 1.165) is 28.9 Å². The van der Waals surface area contributed by atoms with Crippen LogP contribution in [-0.2, 0) is 14.6 Å². The zero-order valence-corrected chi connectivity index (χ0v) is 19.7. The summed E-state index contributed by atoms with van der Waals surface area (Å²) in [6, 6.07) is 19.8. The molecule has 168 valence electrons. The van der Waals surface area contributed by atoms with Crippen LogP contribution < -0.4 is 0 Å². The molecule has 1 aliphatic heterocycles. The molecule has 32 heavy (non-hydrogen) atoms. The van der Waals surface area contributed by atoms with Crippen LogP contribution in [-0.4, -0.2) is 59.0 Å². The summed E-state index contributed by atoms with van der Waals surface area (Å²) >= 11 is 1.36. The fourth-order valence-corrected chi connectivity index (χ4v) is 6.51. The second-order valence-corrected chi connectivity index (χ2v) is 11.1. The monoisotopic (exact) mass is 469 g/mol. The van der Waals surface area contributed by atoms with Crippen molar-refractivity contribution in [1.29, 1.82) is 0 Å². The molecule has 1 fully saturated rings. The van der Waals surface area contributed by atoms with Crippen LogP contribution in [0, 0.1) is 0 Å². The van der Waals surface area contributed by atoms with Crippen LogP contribution in [0.4, 0.5) is 0 Å². The molecule has 0 bridgehead atoms. The fourth-order valence-electron chi connectivity index (χ4n) is 4.02. The molecule has 1 N–H and O–H groups in total. The first-order valence-electron chi connectivity index (χ1n) is 10.8. The van der Waals surface area contributed by atoms with Gasteiger partial charge >= 0.3 is 0 Å². The van der Waals surface area contributed by atoms with Gasteiger partial charge in [-0.3, -0.25) is 4.79 Å². The lowest BCUT2D eigenvalue weighted by molar-refractivity contribution is -0.130. The Morgan fingerprint density at radius 1 is 1.09 bits per heavy atom. The molecule has 1 unspecified atom stereocenters. The Balaban J connectivity index is 1.54. The average molecular weight is 470 g/mol. The molecule has 0 radical (unpaired) electrons. The lowest BCUT2D eigenvalue weighted by Gasteiger charge is -2.27. The quantitative estimate of drug-likeness (QED) is 0.499. The number of nitrogens with zero attached hydrogens (tertiary/aromatic N) is 2. The number of aromatic amines is 1. The van der Waals surface area contributed by atoms with Crippen molar-refractivity contribution in [3.63, 3.8) is 0 Å². The predicted octanol–water partition coefficient (Wildman–Crippen LogP) is 4.26. The van der Waals surface area contributed by atoms with E-state index in [9.17, 15) is 13.2 Å². The van der Waals surface area contributed by atoms with Crippen molar-refractivity contribution in [2.24, 2.45) is 0 Å². The first-order chi connectivity index (χ1) is 15.5. The summed E-state index contributed by atoms with van der Waals surface area (Å²) in [7, 11) is -3.04. The number of sulfone groups is 1. The van der Waals surface area contributed by atoms with Crippen LogP contribution in [0.25, 0.3) is 22.5 Å². The van der Waals surface area contributed by atoms with E-state index in [4.69, 9.17) is 4.98 Å². The molecule has 1 aromatic heterocycles. The SMILES string of the molecule is CCCN(C(=O)CSc1nc(-c2ccccc2)c(-c2ccccc2)[nH]1)C1CCS(=O)(=O)C1. The number of nitrogens with one attached hydrogen (secondary N) is 1. The van der Waals surface area contributed by atoms with E-state index in [1.807, 2.05) is 67.6 Å². The lowest BCUT2D eigenvalue weighted by Crippen LogP contribution is -2.42. The number of carbonyl (C=O) groups excluding carboxylic acids is 1. The minimum absolute atomic E-state index is 0.0436. The largest absolute Gasteiger partial charge is 0.338 e. The van der Waals surface area contributed by atoms with Gasteiger partial charge in [0.2, 0.25) is 5.91 Å². The third-order valence-electron chi connectivity index (χ3n) is 5.56. The van der Waals surface area contributed by atoms with Crippen molar-refractivity contribution in [3.8, 4) is 22.5 Å². The predicted molar refractivity (Wildman–Crippen MR) is 129 cm³/mol. The highest BCUT2D eigenvalue weighted by Gasteiger charge is 2.34. The summed E-state index contributed by atoms with van der Waals surface area (Å²) in [6.07, 6.45) is 1.32. The third kappa shape index (κ3) is 5.24. The van der Waals surface area contributed by atoms with Gasteiger partial charge in [-0.25, -0.2) is 13.4 Å². The number of rotatable bonds is 8. The standard InChI is InChI=1S/C24H27N3O3S2/c1-2-14-27(20-13-15-32(29,30)17-20)21(28)16-31-24-25-22(18-9-5-3-6-10-18)23(26-24)19-11-7-4-8-12-19/h3-12,20H,2,13-17H2,1H3,(H,25,26). The number of H-pyrrole nitrogens is 1. The zero-order chi connectivity index (χ0) is 22.6. The van der Waals surface area contributed by atoms with Crippen LogP contribution >= 0.6 is 11.8 Å². The number of thioether (sulfide) groups is 1. The molecule has 1 atom stereocenters. The molecule has 2 aromatic carbocycles. The van der Waals surface area contributed by atoms with Gasteiger partial charge in [0.15, 0.2) is 15.0 Å². The number of imidazole rings is 1. The third-order valence-corrected chi connectivity index (χ3v) is 8.17. The average Bonchev–Trinajstić information content (AvgIpc) is 3.40. The summed E-state index contributed by atoms with van der Waals surface area (Å²) in [4.78, 5) is 22.9. The molecule has 8 heteroatoms. The number of amides is 1. The van der Waals surface area contributed by atoms with Crippen LogP contribution in [0.3, 0.4) is 0 Å². The van der Waals surface area contributed by atoms with Gasteiger partial charge in [-0.2, -0.15) is 0 Å². The van der Waals surface area contributed by atoms with Crippen molar-refractivity contribution in [2.45, 2.75) is 31.0 Å². The molecule has 0 aliphatic carbocycles. The van der Waals surface area contributed by atoms with Crippen molar-refractivity contribution in [1.82, 2.24) is 14.9 Å². The Morgan fingerprint density at radius 2 is 1.75 bits per heavy atom. The highest BCUT2D eigenvalue weighted by atomic mass is 32.2. The number of hydrogen-bond donors (Lipinski definition) is 1. The van der Waals surface area contributed by atoms with E-state index in [1.54, 1.807) is 4.90 Å². The molecule has 1 saturated heterocycles. The molecule has 1 aliphatic rings. The minimum atomic E-state index is -3.04. The Hall–Kier alpha value is -2.58. The summed E-state index contributed by atoms with van der Waals surface area (Å²) < 4.78 is 23.8. The van der Waals surface area contributed by atoms with Gasteiger partial charge in [0.1, 0.15) is 0 Å². The molecule has 2 heterocycles. The Labute approximate surface area is 193 Å². The number of aromatic nitrogens is 2. The van der Waals surface area contributed by atoms with Gasteiger partial charge in [-0.1, -0.05) is 79.3 Å².